The fraction of sp³-hybridized carbons (Fsp3) is 0.350. The maximum absolute atomic E-state index is 12.3. The van der Waals surface area contributed by atoms with E-state index in [1.807, 2.05) is 26.0 Å². The molecule has 2 amide bonds. The number of anilines is 1. The van der Waals surface area contributed by atoms with Gasteiger partial charge in [-0.25, -0.2) is 4.79 Å². The first kappa shape index (κ1) is 20.1. The van der Waals surface area contributed by atoms with E-state index in [-0.39, 0.29) is 12.6 Å². The number of halogens is 1. The third-order valence-electron chi connectivity index (χ3n) is 4.27. The average molecular weight is 377 g/mol. The van der Waals surface area contributed by atoms with Gasteiger partial charge in [0.15, 0.2) is 0 Å². The number of nitrogens with one attached hydrogen (secondary N) is 2. The minimum absolute atomic E-state index is 0.0989. The number of aryl methyl sites for hydroxylation is 1. The van der Waals surface area contributed by atoms with E-state index >= 15 is 0 Å². The number of amides is 2. The van der Waals surface area contributed by atoms with Crippen LogP contribution in [0.4, 0.5) is 10.5 Å². The van der Waals surface area contributed by atoms with Gasteiger partial charge >= 0.3 is 6.03 Å². The Labute approximate surface area is 159 Å². The molecular formula is C20H25ClN2O3. The van der Waals surface area contributed by atoms with Crippen LogP contribution in [0.3, 0.4) is 0 Å². The number of aliphatic hydroxyl groups is 1. The van der Waals surface area contributed by atoms with Gasteiger partial charge in [0.2, 0.25) is 0 Å². The van der Waals surface area contributed by atoms with Gasteiger partial charge in [0.05, 0.1) is 18.9 Å². The van der Waals surface area contributed by atoms with E-state index in [0.29, 0.717) is 16.3 Å². The summed E-state index contributed by atoms with van der Waals surface area (Å²) in [5.74, 6) is 0.715. The first-order chi connectivity index (χ1) is 12.5. The molecule has 0 bridgehead atoms. The zero-order chi connectivity index (χ0) is 19.1. The predicted octanol–water partition coefficient (Wildman–Crippen LogP) is 4.33. The molecule has 0 aliphatic rings. The Kier molecular flexibility index (Phi) is 7.30. The van der Waals surface area contributed by atoms with E-state index in [1.165, 1.54) is 0 Å². The SMILES string of the molecule is CCc1ccc(Cl)c(CC)c1NC(=O)NCC(O)c1ccc(OC)cc1. The van der Waals surface area contributed by atoms with Crippen molar-refractivity contribution in [2.75, 3.05) is 19.0 Å². The summed E-state index contributed by atoms with van der Waals surface area (Å²) in [6, 6.07) is 10.5. The topological polar surface area (TPSA) is 70.6 Å². The molecule has 0 fully saturated rings. The van der Waals surface area contributed by atoms with Crippen LogP contribution in [0.5, 0.6) is 5.75 Å². The van der Waals surface area contributed by atoms with Crippen LogP contribution >= 0.6 is 11.6 Å². The number of aliphatic hydroxyl groups excluding tert-OH is 1. The molecule has 0 heterocycles. The van der Waals surface area contributed by atoms with Crippen molar-refractivity contribution in [3.05, 3.63) is 58.1 Å². The van der Waals surface area contributed by atoms with Gasteiger partial charge in [-0.2, -0.15) is 0 Å². The van der Waals surface area contributed by atoms with Gasteiger partial charge < -0.3 is 20.5 Å². The lowest BCUT2D eigenvalue weighted by Crippen LogP contribution is -2.33. The normalized spacial score (nSPS) is 11.7. The van der Waals surface area contributed by atoms with Gasteiger partial charge in [0.25, 0.3) is 0 Å². The van der Waals surface area contributed by atoms with Gasteiger partial charge in [-0.05, 0) is 47.7 Å². The molecule has 26 heavy (non-hydrogen) atoms. The molecule has 1 unspecified atom stereocenters. The molecule has 6 heteroatoms. The van der Waals surface area contributed by atoms with E-state index in [9.17, 15) is 9.90 Å². The minimum Gasteiger partial charge on any atom is -0.497 e. The minimum atomic E-state index is -0.803. The maximum Gasteiger partial charge on any atom is 0.319 e. The summed E-state index contributed by atoms with van der Waals surface area (Å²) >= 11 is 6.25. The summed E-state index contributed by atoms with van der Waals surface area (Å²) in [5.41, 5.74) is 3.39. The summed E-state index contributed by atoms with van der Waals surface area (Å²) in [5, 5.41) is 16.5. The number of urea groups is 1. The van der Waals surface area contributed by atoms with Crippen molar-refractivity contribution >= 4 is 23.3 Å². The zero-order valence-electron chi connectivity index (χ0n) is 15.3. The Morgan fingerprint density at radius 1 is 1.15 bits per heavy atom. The van der Waals surface area contributed by atoms with Crippen molar-refractivity contribution in [1.29, 1.82) is 0 Å². The number of rotatable bonds is 7. The molecular weight excluding hydrogens is 352 g/mol. The van der Waals surface area contributed by atoms with Crippen LogP contribution in [-0.2, 0) is 12.8 Å². The molecule has 0 aromatic heterocycles. The monoisotopic (exact) mass is 376 g/mol. The smallest absolute Gasteiger partial charge is 0.319 e. The average Bonchev–Trinajstić information content (AvgIpc) is 2.66. The zero-order valence-corrected chi connectivity index (χ0v) is 16.1. The number of hydrogen-bond acceptors (Lipinski definition) is 3. The van der Waals surface area contributed by atoms with Crippen molar-refractivity contribution in [3.63, 3.8) is 0 Å². The molecule has 0 saturated heterocycles. The van der Waals surface area contributed by atoms with Crippen molar-refractivity contribution in [2.45, 2.75) is 32.8 Å². The number of methoxy groups -OCH3 is 1. The lowest BCUT2D eigenvalue weighted by molar-refractivity contribution is 0.175. The molecule has 2 aromatic carbocycles. The Hall–Kier alpha value is -2.24. The van der Waals surface area contributed by atoms with Crippen LogP contribution < -0.4 is 15.4 Å². The third-order valence-corrected chi connectivity index (χ3v) is 4.63. The second-order valence-corrected chi connectivity index (χ2v) is 6.30. The molecule has 0 radical (unpaired) electrons. The highest BCUT2D eigenvalue weighted by Gasteiger charge is 2.14. The van der Waals surface area contributed by atoms with Crippen LogP contribution in [0.25, 0.3) is 0 Å². The van der Waals surface area contributed by atoms with Gasteiger partial charge in [0, 0.05) is 11.6 Å². The Balaban J connectivity index is 2.01. The van der Waals surface area contributed by atoms with Gasteiger partial charge in [-0.15, -0.1) is 0 Å². The molecule has 1 atom stereocenters. The fourth-order valence-electron chi connectivity index (χ4n) is 2.76. The quantitative estimate of drug-likeness (QED) is 0.673. The van der Waals surface area contributed by atoms with Crippen molar-refractivity contribution < 1.29 is 14.6 Å². The lowest BCUT2D eigenvalue weighted by Gasteiger charge is -2.17. The van der Waals surface area contributed by atoms with Crippen molar-refractivity contribution in [3.8, 4) is 5.75 Å². The number of benzene rings is 2. The summed E-state index contributed by atoms with van der Waals surface area (Å²) in [7, 11) is 1.59. The Morgan fingerprint density at radius 3 is 2.42 bits per heavy atom. The molecule has 2 aromatic rings. The summed E-state index contributed by atoms with van der Waals surface area (Å²) in [4.78, 5) is 12.3. The van der Waals surface area contributed by atoms with Gasteiger partial charge in [-0.1, -0.05) is 43.6 Å². The highest BCUT2D eigenvalue weighted by molar-refractivity contribution is 6.31. The molecule has 0 aliphatic carbocycles. The Morgan fingerprint density at radius 2 is 1.85 bits per heavy atom. The van der Waals surface area contributed by atoms with Crippen LogP contribution in [0.1, 0.15) is 36.6 Å². The van der Waals surface area contributed by atoms with E-state index in [2.05, 4.69) is 10.6 Å². The summed E-state index contributed by atoms with van der Waals surface area (Å²) in [6.07, 6.45) is 0.702. The molecule has 0 saturated carbocycles. The van der Waals surface area contributed by atoms with Gasteiger partial charge in [-0.3, -0.25) is 0 Å². The maximum atomic E-state index is 12.3. The first-order valence-electron chi connectivity index (χ1n) is 8.67. The third kappa shape index (κ3) is 4.90. The second-order valence-electron chi connectivity index (χ2n) is 5.89. The first-order valence-corrected chi connectivity index (χ1v) is 9.05. The van der Waals surface area contributed by atoms with Gasteiger partial charge in [0.1, 0.15) is 5.75 Å². The number of hydrogen-bond donors (Lipinski definition) is 3. The van der Waals surface area contributed by atoms with E-state index in [0.717, 1.165) is 29.7 Å². The number of carbonyl (C=O) groups excluding carboxylic acids is 1. The summed E-state index contributed by atoms with van der Waals surface area (Å²) in [6.45, 7) is 4.12. The highest BCUT2D eigenvalue weighted by Crippen LogP contribution is 2.29. The van der Waals surface area contributed by atoms with Crippen LogP contribution in [0, 0.1) is 0 Å². The van der Waals surface area contributed by atoms with Crippen LogP contribution in [0.15, 0.2) is 36.4 Å². The molecule has 5 nitrogen and oxygen atoms in total. The van der Waals surface area contributed by atoms with Crippen molar-refractivity contribution in [1.82, 2.24) is 5.32 Å². The molecule has 0 spiro atoms. The van der Waals surface area contributed by atoms with Crippen LogP contribution in [-0.4, -0.2) is 24.8 Å². The molecule has 3 N–H and O–H groups in total. The second kappa shape index (κ2) is 9.46. The summed E-state index contributed by atoms with van der Waals surface area (Å²) < 4.78 is 5.09. The molecule has 2 rings (SSSR count). The van der Waals surface area contributed by atoms with Crippen LogP contribution in [0.2, 0.25) is 5.02 Å². The lowest BCUT2D eigenvalue weighted by atomic mass is 10.0. The predicted molar refractivity (Wildman–Crippen MR) is 105 cm³/mol. The van der Waals surface area contributed by atoms with E-state index < -0.39 is 6.10 Å². The van der Waals surface area contributed by atoms with Crippen molar-refractivity contribution in [2.24, 2.45) is 0 Å². The van der Waals surface area contributed by atoms with E-state index in [4.69, 9.17) is 16.3 Å². The number of ether oxygens (including phenoxy) is 1. The highest BCUT2D eigenvalue weighted by atomic mass is 35.5. The number of carbonyl (C=O) groups is 1. The molecule has 0 aliphatic heterocycles. The van der Waals surface area contributed by atoms with E-state index in [1.54, 1.807) is 31.4 Å². The Bertz CT molecular complexity index is 747. The molecule has 140 valence electrons. The largest absolute Gasteiger partial charge is 0.497 e. The standard InChI is InChI=1S/C20H25ClN2O3/c1-4-13-8-11-17(21)16(5-2)19(13)23-20(25)22-12-18(24)14-6-9-15(26-3)10-7-14/h6-11,18,24H,4-5,12H2,1-3H3,(H2,22,23,25). The fourth-order valence-corrected chi connectivity index (χ4v) is 3.05.